The van der Waals surface area contributed by atoms with E-state index >= 15 is 0 Å². The molecule has 2 aliphatic heterocycles. The molecule has 3 heterocycles. The van der Waals surface area contributed by atoms with E-state index in [-0.39, 0.29) is 11.8 Å². The molecule has 6 heteroatoms. The van der Waals surface area contributed by atoms with Crippen LogP contribution in [0.2, 0.25) is 0 Å². The van der Waals surface area contributed by atoms with E-state index in [9.17, 15) is 9.59 Å². The fourth-order valence-corrected chi connectivity index (χ4v) is 5.21. The number of carbonyl (C=O) groups is 2. The topological polar surface area (TPSA) is 52.7 Å². The summed E-state index contributed by atoms with van der Waals surface area (Å²) in [7, 11) is 0. The third-order valence-electron chi connectivity index (χ3n) is 6.05. The molecular weight excluding hydrogens is 418 g/mol. The zero-order valence-corrected chi connectivity index (χ0v) is 19.0. The Hall–Kier alpha value is -3.38. The summed E-state index contributed by atoms with van der Waals surface area (Å²) in [6.45, 7) is 6.09. The molecule has 0 bridgehead atoms. The van der Waals surface area contributed by atoms with Gasteiger partial charge in [0, 0.05) is 29.3 Å². The second-order valence-electron chi connectivity index (χ2n) is 8.33. The van der Waals surface area contributed by atoms with Gasteiger partial charge >= 0.3 is 0 Å². The molecule has 0 aliphatic carbocycles. The van der Waals surface area contributed by atoms with Crippen molar-refractivity contribution in [3.05, 3.63) is 81.7 Å². The van der Waals surface area contributed by atoms with E-state index in [4.69, 9.17) is 0 Å². The second kappa shape index (κ2) is 8.28. The van der Waals surface area contributed by atoms with Crippen LogP contribution < -0.4 is 15.1 Å². The predicted octanol–water partition coefficient (Wildman–Crippen LogP) is 5.36. The average molecular weight is 444 g/mol. The molecule has 0 atom stereocenters. The third kappa shape index (κ3) is 3.60. The van der Waals surface area contributed by atoms with Gasteiger partial charge in [-0.15, -0.1) is 11.3 Å². The molecule has 2 amide bonds. The molecule has 1 aromatic heterocycles. The fourth-order valence-electron chi connectivity index (χ4n) is 4.45. The van der Waals surface area contributed by atoms with Gasteiger partial charge in [0.1, 0.15) is 5.70 Å². The first-order valence-corrected chi connectivity index (χ1v) is 11.8. The van der Waals surface area contributed by atoms with Gasteiger partial charge in [0.05, 0.1) is 11.3 Å². The smallest absolute Gasteiger partial charge is 0.282 e. The first-order chi connectivity index (χ1) is 15.5. The molecule has 162 valence electrons. The van der Waals surface area contributed by atoms with Gasteiger partial charge in [-0.2, -0.15) is 0 Å². The van der Waals surface area contributed by atoms with Crippen LogP contribution in [0, 0.1) is 13.8 Å². The molecule has 1 fully saturated rings. The SMILES string of the molecule is Cc1ccc(N2C(=O)C(Nc3ccc(N4CCCC4)cc3)=C(c3cccs3)C2=O)c(C)c1. The zero-order valence-electron chi connectivity index (χ0n) is 18.2. The van der Waals surface area contributed by atoms with E-state index in [0.29, 0.717) is 17.0 Å². The summed E-state index contributed by atoms with van der Waals surface area (Å²) in [5.74, 6) is -0.616. The Morgan fingerprint density at radius 1 is 0.906 bits per heavy atom. The molecule has 0 radical (unpaired) electrons. The predicted molar refractivity (Wildman–Crippen MR) is 131 cm³/mol. The molecule has 0 saturated carbocycles. The Kier molecular flexibility index (Phi) is 5.31. The van der Waals surface area contributed by atoms with Crippen LogP contribution in [0.25, 0.3) is 5.57 Å². The number of carbonyl (C=O) groups excluding carboxylic acids is 2. The summed E-state index contributed by atoms with van der Waals surface area (Å²) >= 11 is 1.46. The molecule has 32 heavy (non-hydrogen) atoms. The van der Waals surface area contributed by atoms with E-state index in [0.717, 1.165) is 34.8 Å². The van der Waals surface area contributed by atoms with Crippen molar-refractivity contribution in [2.45, 2.75) is 26.7 Å². The summed E-state index contributed by atoms with van der Waals surface area (Å²) in [6, 6.07) is 17.6. The van der Waals surface area contributed by atoms with Crippen LogP contribution in [-0.2, 0) is 9.59 Å². The number of nitrogens with zero attached hydrogens (tertiary/aromatic N) is 2. The standard InChI is InChI=1S/C26H25N3O2S/c1-17-7-12-21(18(2)16-17)29-25(30)23(22-6-5-15-32-22)24(26(29)31)27-19-8-10-20(11-9-19)28-13-3-4-14-28/h5-12,15-16,27H,3-4,13-14H2,1-2H3. The zero-order chi connectivity index (χ0) is 22.2. The maximum Gasteiger partial charge on any atom is 0.282 e. The molecule has 1 saturated heterocycles. The van der Waals surface area contributed by atoms with Gasteiger partial charge in [-0.05, 0) is 74.0 Å². The van der Waals surface area contributed by atoms with Crippen LogP contribution in [0.4, 0.5) is 17.1 Å². The lowest BCUT2D eigenvalue weighted by atomic mass is 10.1. The lowest BCUT2D eigenvalue weighted by Crippen LogP contribution is -2.33. The van der Waals surface area contributed by atoms with Gasteiger partial charge in [0.15, 0.2) is 0 Å². The Morgan fingerprint density at radius 2 is 1.66 bits per heavy atom. The average Bonchev–Trinajstić information content (AvgIpc) is 3.53. The number of imide groups is 1. The molecule has 5 rings (SSSR count). The highest BCUT2D eigenvalue weighted by atomic mass is 32.1. The summed E-state index contributed by atoms with van der Waals surface area (Å²) < 4.78 is 0. The highest BCUT2D eigenvalue weighted by Gasteiger charge is 2.41. The van der Waals surface area contributed by atoms with Crippen molar-refractivity contribution in [2.75, 3.05) is 28.2 Å². The molecule has 3 aromatic rings. The number of anilines is 3. The van der Waals surface area contributed by atoms with Crippen LogP contribution >= 0.6 is 11.3 Å². The van der Waals surface area contributed by atoms with Gasteiger partial charge < -0.3 is 10.2 Å². The van der Waals surface area contributed by atoms with Crippen LogP contribution in [0.5, 0.6) is 0 Å². The Morgan fingerprint density at radius 3 is 2.31 bits per heavy atom. The van der Waals surface area contributed by atoms with Gasteiger partial charge in [0.2, 0.25) is 0 Å². The van der Waals surface area contributed by atoms with Crippen molar-refractivity contribution in [3.63, 3.8) is 0 Å². The number of aryl methyl sites for hydroxylation is 2. The van der Waals surface area contributed by atoms with E-state index in [1.165, 1.54) is 34.8 Å². The molecule has 5 nitrogen and oxygen atoms in total. The maximum atomic E-state index is 13.5. The second-order valence-corrected chi connectivity index (χ2v) is 9.28. The largest absolute Gasteiger partial charge is 0.372 e. The number of hydrogen-bond acceptors (Lipinski definition) is 5. The lowest BCUT2D eigenvalue weighted by molar-refractivity contribution is -0.120. The molecule has 2 aromatic carbocycles. The summed E-state index contributed by atoms with van der Waals surface area (Å²) in [5.41, 5.74) is 5.34. The number of hydrogen-bond donors (Lipinski definition) is 1. The normalized spacial score (nSPS) is 16.4. The Labute approximate surface area is 192 Å². The van der Waals surface area contributed by atoms with Gasteiger partial charge in [0.25, 0.3) is 11.8 Å². The van der Waals surface area contributed by atoms with Gasteiger partial charge in [-0.25, -0.2) is 4.90 Å². The van der Waals surface area contributed by atoms with Crippen molar-refractivity contribution < 1.29 is 9.59 Å². The highest BCUT2D eigenvalue weighted by Crippen LogP contribution is 2.37. The van der Waals surface area contributed by atoms with Crippen LogP contribution in [0.3, 0.4) is 0 Å². The molecule has 0 spiro atoms. The van der Waals surface area contributed by atoms with Crippen LogP contribution in [-0.4, -0.2) is 24.9 Å². The van der Waals surface area contributed by atoms with E-state index < -0.39 is 0 Å². The van der Waals surface area contributed by atoms with Gasteiger partial charge in [-0.3, -0.25) is 9.59 Å². The first-order valence-electron chi connectivity index (χ1n) is 10.9. The van der Waals surface area contributed by atoms with Crippen LogP contribution in [0.1, 0.15) is 28.8 Å². The van der Waals surface area contributed by atoms with Gasteiger partial charge in [-0.1, -0.05) is 23.8 Å². The van der Waals surface area contributed by atoms with Crippen molar-refractivity contribution in [3.8, 4) is 0 Å². The van der Waals surface area contributed by atoms with E-state index in [2.05, 4.69) is 22.3 Å². The first kappa shape index (κ1) is 20.5. The third-order valence-corrected chi connectivity index (χ3v) is 6.94. The van der Waals surface area contributed by atoms with E-state index in [1.54, 1.807) is 0 Å². The number of thiophene rings is 1. The van der Waals surface area contributed by atoms with Crippen molar-refractivity contribution in [2.24, 2.45) is 0 Å². The van der Waals surface area contributed by atoms with Crippen molar-refractivity contribution >= 4 is 45.8 Å². The number of amides is 2. The quantitative estimate of drug-likeness (QED) is 0.539. The molecule has 0 unspecified atom stereocenters. The summed E-state index contributed by atoms with van der Waals surface area (Å²) in [4.78, 5) is 31.5. The van der Waals surface area contributed by atoms with Crippen molar-refractivity contribution in [1.29, 1.82) is 0 Å². The molecule has 1 N–H and O–H groups in total. The van der Waals surface area contributed by atoms with E-state index in [1.807, 2.05) is 61.7 Å². The minimum absolute atomic E-state index is 0.291. The maximum absolute atomic E-state index is 13.5. The van der Waals surface area contributed by atoms with Crippen molar-refractivity contribution in [1.82, 2.24) is 0 Å². The number of nitrogens with one attached hydrogen (secondary N) is 1. The lowest BCUT2D eigenvalue weighted by Gasteiger charge is -2.19. The minimum Gasteiger partial charge on any atom is -0.372 e. The highest BCUT2D eigenvalue weighted by molar-refractivity contribution is 7.11. The van der Waals surface area contributed by atoms with Crippen LogP contribution in [0.15, 0.2) is 65.7 Å². The Bertz CT molecular complexity index is 1210. The Balaban J connectivity index is 1.50. The number of rotatable bonds is 5. The fraction of sp³-hybridized carbons (Fsp3) is 0.231. The minimum atomic E-state index is -0.325. The molecular formula is C26H25N3O2S. The number of benzene rings is 2. The monoisotopic (exact) mass is 443 g/mol. The molecule has 2 aliphatic rings. The summed E-state index contributed by atoms with van der Waals surface area (Å²) in [5, 5.41) is 5.18. The summed E-state index contributed by atoms with van der Waals surface area (Å²) in [6.07, 6.45) is 2.45.